The Bertz CT molecular complexity index is 752. The number of ether oxygens (including phenoxy) is 2. The highest BCUT2D eigenvalue weighted by Crippen LogP contribution is 2.63. The van der Waals surface area contributed by atoms with Crippen LogP contribution in [-0.4, -0.2) is 60.9 Å². The second-order valence-corrected chi connectivity index (χ2v) is 8.44. The average Bonchev–Trinajstić information content (AvgIpc) is 3.09. The maximum atomic E-state index is 12.4. The van der Waals surface area contributed by atoms with Crippen molar-refractivity contribution in [3.8, 4) is 0 Å². The number of aromatic nitrogens is 1. The van der Waals surface area contributed by atoms with Crippen LogP contribution in [0.4, 0.5) is 0 Å². The number of methoxy groups -OCH3 is 1. The minimum absolute atomic E-state index is 0.0151. The number of nitrogens with one attached hydrogen (secondary N) is 1. The first kappa shape index (κ1) is 23.2. The van der Waals surface area contributed by atoms with Gasteiger partial charge in [-0.05, 0) is 6.92 Å². The molecule has 1 aliphatic rings. The Labute approximate surface area is 167 Å². The number of oxazole rings is 1. The molecule has 0 aliphatic carbocycles. The maximum absolute atomic E-state index is 12.4. The van der Waals surface area contributed by atoms with E-state index in [1.807, 2.05) is 0 Å². The number of aryl methyl sites for hydroxylation is 1. The first-order chi connectivity index (χ1) is 13.6. The van der Waals surface area contributed by atoms with Gasteiger partial charge >= 0.3 is 20.1 Å². The fourth-order valence-electron chi connectivity index (χ4n) is 2.29. The lowest BCUT2D eigenvalue weighted by Gasteiger charge is -2.36. The third kappa shape index (κ3) is 6.18. The molecule has 0 spiro atoms. The fourth-order valence-corrected chi connectivity index (χ4v) is 3.82. The van der Waals surface area contributed by atoms with E-state index in [1.165, 1.54) is 7.11 Å². The van der Waals surface area contributed by atoms with E-state index in [-0.39, 0.29) is 25.3 Å². The Morgan fingerprint density at radius 1 is 1.41 bits per heavy atom. The molecule has 1 fully saturated rings. The minimum Gasteiger partial charge on any atom is -0.469 e. The fraction of sp³-hybridized carbons (Fsp3) is 0.625. The molecule has 2 rings (SSSR count). The Hall–Kier alpha value is -2.11. The molecule has 0 aromatic carbocycles. The summed E-state index contributed by atoms with van der Waals surface area (Å²) >= 11 is 0. The zero-order chi connectivity index (χ0) is 21.7. The molecule has 1 amide bonds. The Kier molecular flexibility index (Phi) is 7.66. The van der Waals surface area contributed by atoms with Gasteiger partial charge in [-0.25, -0.2) is 9.78 Å². The molecule has 0 saturated carbocycles. The van der Waals surface area contributed by atoms with Crippen LogP contribution in [0.2, 0.25) is 0 Å². The van der Waals surface area contributed by atoms with E-state index in [1.54, 1.807) is 20.8 Å². The van der Waals surface area contributed by atoms with Gasteiger partial charge in [0, 0.05) is 12.0 Å². The van der Waals surface area contributed by atoms with Gasteiger partial charge in [0.1, 0.15) is 6.61 Å². The number of esters is 2. The molecule has 2 N–H and O–H groups in total. The number of nitrogens with zero attached hydrogens (tertiary/aromatic N) is 1. The van der Waals surface area contributed by atoms with E-state index in [4.69, 9.17) is 22.7 Å². The van der Waals surface area contributed by atoms with E-state index in [2.05, 4.69) is 15.0 Å². The maximum Gasteiger partial charge on any atom is 0.576 e. The molecule has 13 heteroatoms. The summed E-state index contributed by atoms with van der Waals surface area (Å²) in [5.41, 5.74) is -0.461. The lowest BCUT2D eigenvalue weighted by Crippen LogP contribution is -2.50. The van der Waals surface area contributed by atoms with Gasteiger partial charge in [-0.2, -0.15) is 9.42 Å². The molecule has 0 bridgehead atoms. The molecule has 2 atom stereocenters. The molecule has 1 aliphatic heterocycles. The molecular weight excluding hydrogens is 411 g/mol. The molecule has 12 nitrogen and oxygen atoms in total. The zero-order valence-corrected chi connectivity index (χ0v) is 17.4. The van der Waals surface area contributed by atoms with Crippen LogP contribution < -0.4 is 5.32 Å². The summed E-state index contributed by atoms with van der Waals surface area (Å²) in [4.78, 5) is 49.7. The van der Waals surface area contributed by atoms with Crippen LogP contribution in [0.25, 0.3) is 0 Å². The van der Waals surface area contributed by atoms with Crippen molar-refractivity contribution in [3.05, 3.63) is 17.8 Å². The number of hydrogen-bond donors (Lipinski definition) is 2. The van der Waals surface area contributed by atoms with Crippen molar-refractivity contribution in [2.24, 2.45) is 5.41 Å². The predicted octanol–water partition coefficient (Wildman–Crippen LogP) is 0.905. The van der Waals surface area contributed by atoms with Crippen LogP contribution in [0, 0.1) is 12.3 Å². The van der Waals surface area contributed by atoms with Crippen LogP contribution >= 0.6 is 8.17 Å². The van der Waals surface area contributed by atoms with Gasteiger partial charge in [-0.15, -0.1) is 9.05 Å². The van der Waals surface area contributed by atoms with Crippen molar-refractivity contribution in [2.45, 2.75) is 33.3 Å². The van der Waals surface area contributed by atoms with Gasteiger partial charge in [0.05, 0.1) is 19.2 Å². The van der Waals surface area contributed by atoms with Crippen LogP contribution in [0.5, 0.6) is 0 Å². The van der Waals surface area contributed by atoms with E-state index in [9.17, 15) is 19.3 Å². The van der Waals surface area contributed by atoms with Gasteiger partial charge in [0.15, 0.2) is 12.5 Å². The molecule has 1 aromatic heterocycles. The highest BCUT2D eigenvalue weighted by molar-refractivity contribution is 7.55. The number of hydrogen-bond acceptors (Lipinski definition) is 11. The van der Waals surface area contributed by atoms with Crippen LogP contribution in [0.15, 0.2) is 10.8 Å². The van der Waals surface area contributed by atoms with Crippen LogP contribution in [0.1, 0.15) is 36.5 Å². The van der Waals surface area contributed by atoms with Crippen molar-refractivity contribution in [3.63, 3.8) is 0 Å². The van der Waals surface area contributed by atoms with Gasteiger partial charge < -0.3 is 19.2 Å². The number of rotatable bonds is 8. The third-order valence-corrected chi connectivity index (χ3v) is 5.34. The monoisotopic (exact) mass is 435 g/mol. The number of carbonyl (C=O) groups is 3. The first-order valence-electron chi connectivity index (χ1n) is 8.59. The molecule has 162 valence electrons. The Balaban J connectivity index is 1.90. The second-order valence-electron chi connectivity index (χ2n) is 6.78. The van der Waals surface area contributed by atoms with Crippen molar-refractivity contribution in [1.29, 1.82) is 0 Å². The number of amides is 1. The highest BCUT2D eigenvalue weighted by atomic mass is 31.2. The molecule has 1 unspecified atom stereocenters. The van der Waals surface area contributed by atoms with Crippen molar-refractivity contribution in [1.82, 2.24) is 10.3 Å². The Morgan fingerprint density at radius 2 is 2.14 bits per heavy atom. The second kappa shape index (κ2) is 9.59. The molecule has 0 radical (unpaired) electrons. The van der Waals surface area contributed by atoms with Gasteiger partial charge in [0.2, 0.25) is 12.6 Å². The molecule has 1 aromatic rings. The summed E-state index contributed by atoms with van der Waals surface area (Å²) in [6.07, 6.45) is -0.0511. The molecule has 1 saturated heterocycles. The van der Waals surface area contributed by atoms with Crippen LogP contribution in [0.3, 0.4) is 0 Å². The van der Waals surface area contributed by atoms with Crippen LogP contribution in [-0.2, 0) is 32.6 Å². The minimum atomic E-state index is -3.93. The summed E-state index contributed by atoms with van der Waals surface area (Å²) < 4.78 is 30.0. The summed E-state index contributed by atoms with van der Waals surface area (Å²) in [5.74, 6) is -1.98. The largest absolute Gasteiger partial charge is 0.576 e. The van der Waals surface area contributed by atoms with E-state index in [0.29, 0.717) is 5.69 Å². The molecular formula is C16H24N2O10P+. The van der Waals surface area contributed by atoms with Gasteiger partial charge in [-0.3, -0.25) is 9.59 Å². The smallest absolute Gasteiger partial charge is 0.469 e. The standard InChI is InChI=1S/C16H23N2O10P/c1-10-12(24-8-18-10)15(21)25-9-27-29(22)26-7-16(2,3)13(28-29)14(20)17-6-5-11(19)23-4/h8,13,22H,5-7,9H2,1-4H3/p+1/t13-,29?/m0/s1. The lowest BCUT2D eigenvalue weighted by atomic mass is 9.87. The SMILES string of the molecule is COC(=O)CCNC(=O)[C@@H]1O[P+](O)(OCOC(=O)c2ocnc2C)OCC1(C)C. The zero-order valence-electron chi connectivity index (χ0n) is 16.5. The quantitative estimate of drug-likeness (QED) is 0.340. The predicted molar refractivity (Wildman–Crippen MR) is 96.0 cm³/mol. The van der Waals surface area contributed by atoms with Gasteiger partial charge in [-0.1, -0.05) is 13.8 Å². The Morgan fingerprint density at radius 3 is 2.76 bits per heavy atom. The summed E-state index contributed by atoms with van der Waals surface area (Å²) in [6, 6.07) is 0. The molecule has 29 heavy (non-hydrogen) atoms. The van der Waals surface area contributed by atoms with Crippen molar-refractivity contribution < 1.29 is 46.7 Å². The summed E-state index contributed by atoms with van der Waals surface area (Å²) in [6.45, 7) is 4.25. The van der Waals surface area contributed by atoms with E-state index in [0.717, 1.165) is 6.39 Å². The van der Waals surface area contributed by atoms with Crippen molar-refractivity contribution in [2.75, 3.05) is 27.1 Å². The normalized spacial score (nSPS) is 23.3. The van der Waals surface area contributed by atoms with E-state index >= 15 is 0 Å². The highest BCUT2D eigenvalue weighted by Gasteiger charge is 2.59. The topological polar surface area (TPSA) is 156 Å². The van der Waals surface area contributed by atoms with Crippen molar-refractivity contribution >= 4 is 26.0 Å². The third-order valence-electron chi connectivity index (χ3n) is 3.98. The lowest BCUT2D eigenvalue weighted by molar-refractivity contribution is -0.146. The number of carbonyl (C=O) groups excluding carboxylic acids is 3. The summed E-state index contributed by atoms with van der Waals surface area (Å²) in [7, 11) is -2.69. The summed E-state index contributed by atoms with van der Waals surface area (Å²) in [5, 5.41) is 2.54. The van der Waals surface area contributed by atoms with Gasteiger partial charge in [0.25, 0.3) is 5.91 Å². The average molecular weight is 435 g/mol. The van der Waals surface area contributed by atoms with E-state index < -0.39 is 44.3 Å². The molecule has 2 heterocycles. The first-order valence-corrected chi connectivity index (χ1v) is 10.1.